The monoisotopic (exact) mass is 411 g/mol. The number of para-hydroxylation sites is 1. The van der Waals surface area contributed by atoms with Crippen LogP contribution < -0.4 is 10.1 Å². The quantitative estimate of drug-likeness (QED) is 0.526. The number of benzene rings is 2. The molecule has 0 aliphatic heterocycles. The third-order valence-corrected chi connectivity index (χ3v) is 4.54. The summed E-state index contributed by atoms with van der Waals surface area (Å²) in [6, 6.07) is 14.0. The highest BCUT2D eigenvalue weighted by atomic mass is 16.5. The predicted molar refractivity (Wildman–Crippen MR) is 115 cm³/mol. The van der Waals surface area contributed by atoms with E-state index in [4.69, 9.17) is 9.47 Å². The summed E-state index contributed by atoms with van der Waals surface area (Å²) >= 11 is 0. The van der Waals surface area contributed by atoms with Gasteiger partial charge in [0.05, 0.1) is 12.2 Å². The molecule has 0 aliphatic carbocycles. The van der Waals surface area contributed by atoms with Crippen LogP contribution in [0.25, 0.3) is 0 Å². The lowest BCUT2D eigenvalue weighted by Gasteiger charge is -2.19. The van der Waals surface area contributed by atoms with Gasteiger partial charge in [-0.25, -0.2) is 0 Å². The average Bonchev–Trinajstić information content (AvgIpc) is 2.71. The Hall–Kier alpha value is -3.15. The first kappa shape index (κ1) is 23.1. The molecule has 0 fully saturated rings. The number of Topliss-reactive ketones (excluding diaryl/α,β-unsaturated/α-hetero) is 1. The number of carbonyl (C=O) groups is 3. The first-order valence-corrected chi connectivity index (χ1v) is 9.97. The van der Waals surface area contributed by atoms with Crippen molar-refractivity contribution in [3.05, 3.63) is 65.2 Å². The molecular weight excluding hydrogens is 382 g/mol. The molecule has 2 aromatic rings. The molecule has 1 atom stereocenters. The van der Waals surface area contributed by atoms with E-state index in [0.29, 0.717) is 23.5 Å². The van der Waals surface area contributed by atoms with Gasteiger partial charge in [-0.1, -0.05) is 57.2 Å². The average molecular weight is 411 g/mol. The molecule has 0 saturated heterocycles. The van der Waals surface area contributed by atoms with Crippen LogP contribution in [0.4, 0.5) is 0 Å². The summed E-state index contributed by atoms with van der Waals surface area (Å²) < 4.78 is 10.6. The third kappa shape index (κ3) is 6.17. The number of nitrogens with one attached hydrogen (secondary N) is 1. The first-order valence-electron chi connectivity index (χ1n) is 9.97. The molecule has 1 amide bonds. The van der Waals surface area contributed by atoms with E-state index in [9.17, 15) is 14.4 Å². The summed E-state index contributed by atoms with van der Waals surface area (Å²) in [7, 11) is 0. The van der Waals surface area contributed by atoms with Crippen molar-refractivity contribution in [3.8, 4) is 5.75 Å². The van der Waals surface area contributed by atoms with E-state index in [1.807, 2.05) is 19.1 Å². The van der Waals surface area contributed by atoms with Gasteiger partial charge in [-0.15, -0.1) is 0 Å². The number of hydrogen-bond donors (Lipinski definition) is 1. The van der Waals surface area contributed by atoms with Crippen molar-refractivity contribution in [1.29, 1.82) is 0 Å². The van der Waals surface area contributed by atoms with Gasteiger partial charge in [-0.3, -0.25) is 14.4 Å². The van der Waals surface area contributed by atoms with Crippen molar-refractivity contribution in [2.75, 3.05) is 13.2 Å². The molecule has 0 bridgehead atoms. The number of ether oxygens (including phenoxy) is 2. The lowest BCUT2D eigenvalue weighted by Crippen LogP contribution is -2.34. The standard InChI is InChI=1S/C24H29NO5/c1-6-29-20-10-8-7-9-19(20)23(28)25-15-21(26)30-16(2)22(27)17-11-13-18(14-12-17)24(3,4)5/h7-14,16H,6,15H2,1-5H3,(H,25,28)/t16-/m0/s1. The highest BCUT2D eigenvalue weighted by molar-refractivity contribution is 6.01. The maximum Gasteiger partial charge on any atom is 0.326 e. The number of ketones is 1. The Bertz CT molecular complexity index is 897. The number of hydrogen-bond acceptors (Lipinski definition) is 5. The van der Waals surface area contributed by atoms with Crippen LogP contribution in [0.2, 0.25) is 0 Å². The summed E-state index contributed by atoms with van der Waals surface area (Å²) in [6.07, 6.45) is -0.953. The van der Waals surface area contributed by atoms with Crippen LogP contribution in [-0.4, -0.2) is 36.9 Å². The molecule has 0 unspecified atom stereocenters. The van der Waals surface area contributed by atoms with Crippen LogP contribution in [0, 0.1) is 0 Å². The van der Waals surface area contributed by atoms with Gasteiger partial charge in [0.25, 0.3) is 5.91 Å². The Morgan fingerprint density at radius 3 is 2.23 bits per heavy atom. The molecule has 6 heteroatoms. The van der Waals surface area contributed by atoms with Gasteiger partial charge < -0.3 is 14.8 Å². The summed E-state index contributed by atoms with van der Waals surface area (Å²) in [6.45, 7) is 9.69. The molecule has 160 valence electrons. The zero-order chi connectivity index (χ0) is 22.3. The van der Waals surface area contributed by atoms with Crippen molar-refractivity contribution >= 4 is 17.7 Å². The minimum absolute atomic E-state index is 0.0152. The van der Waals surface area contributed by atoms with Crippen LogP contribution in [0.3, 0.4) is 0 Å². The molecule has 0 spiro atoms. The van der Waals surface area contributed by atoms with Crippen LogP contribution in [0.5, 0.6) is 5.75 Å². The maximum absolute atomic E-state index is 12.5. The SMILES string of the molecule is CCOc1ccccc1C(=O)NCC(=O)O[C@@H](C)C(=O)c1ccc(C(C)(C)C)cc1. The zero-order valence-corrected chi connectivity index (χ0v) is 18.2. The van der Waals surface area contributed by atoms with E-state index in [1.165, 1.54) is 6.92 Å². The van der Waals surface area contributed by atoms with Gasteiger partial charge in [0.2, 0.25) is 5.78 Å². The van der Waals surface area contributed by atoms with Gasteiger partial charge >= 0.3 is 5.97 Å². The second-order valence-corrected chi connectivity index (χ2v) is 7.94. The molecular formula is C24H29NO5. The second kappa shape index (κ2) is 10.1. The minimum atomic E-state index is -0.953. The van der Waals surface area contributed by atoms with E-state index in [0.717, 1.165) is 5.56 Å². The molecule has 0 radical (unpaired) electrons. The fourth-order valence-electron chi connectivity index (χ4n) is 2.84. The third-order valence-electron chi connectivity index (χ3n) is 4.54. The molecule has 2 rings (SSSR count). The molecule has 30 heavy (non-hydrogen) atoms. The topological polar surface area (TPSA) is 81.7 Å². The number of amides is 1. The lowest BCUT2D eigenvalue weighted by atomic mass is 9.86. The molecule has 0 aromatic heterocycles. The highest BCUT2D eigenvalue weighted by Crippen LogP contribution is 2.22. The Kier molecular flexibility index (Phi) is 7.75. The summed E-state index contributed by atoms with van der Waals surface area (Å²) in [5.41, 5.74) is 1.89. The summed E-state index contributed by atoms with van der Waals surface area (Å²) in [5, 5.41) is 2.50. The van der Waals surface area contributed by atoms with Gasteiger partial charge in [0.15, 0.2) is 6.10 Å². The molecule has 0 aliphatic rings. The van der Waals surface area contributed by atoms with Gasteiger partial charge in [0.1, 0.15) is 12.3 Å². The van der Waals surface area contributed by atoms with Gasteiger partial charge in [-0.2, -0.15) is 0 Å². The van der Waals surface area contributed by atoms with Crippen LogP contribution in [0.15, 0.2) is 48.5 Å². The Balaban J connectivity index is 1.91. The zero-order valence-electron chi connectivity index (χ0n) is 18.2. The van der Waals surface area contributed by atoms with Crippen molar-refractivity contribution < 1.29 is 23.9 Å². The van der Waals surface area contributed by atoms with Gasteiger partial charge in [0, 0.05) is 5.56 Å². The lowest BCUT2D eigenvalue weighted by molar-refractivity contribution is -0.145. The number of carbonyl (C=O) groups excluding carboxylic acids is 3. The second-order valence-electron chi connectivity index (χ2n) is 7.94. The minimum Gasteiger partial charge on any atom is -0.493 e. The first-order chi connectivity index (χ1) is 14.1. The molecule has 1 N–H and O–H groups in total. The van der Waals surface area contributed by atoms with Crippen molar-refractivity contribution in [3.63, 3.8) is 0 Å². The van der Waals surface area contributed by atoms with Gasteiger partial charge in [-0.05, 0) is 37.0 Å². The van der Waals surface area contributed by atoms with Crippen molar-refractivity contribution in [1.82, 2.24) is 5.32 Å². The van der Waals surface area contributed by atoms with E-state index in [1.54, 1.807) is 36.4 Å². The van der Waals surface area contributed by atoms with Crippen LogP contribution in [0.1, 0.15) is 60.9 Å². The van der Waals surface area contributed by atoms with Crippen LogP contribution >= 0.6 is 0 Å². The predicted octanol–water partition coefficient (Wildman–Crippen LogP) is 3.93. The van der Waals surface area contributed by atoms with Crippen molar-refractivity contribution in [2.45, 2.75) is 46.1 Å². The molecule has 0 heterocycles. The number of rotatable bonds is 8. The van der Waals surface area contributed by atoms with Crippen molar-refractivity contribution in [2.24, 2.45) is 0 Å². The maximum atomic E-state index is 12.5. The Morgan fingerprint density at radius 1 is 1.00 bits per heavy atom. The molecule has 2 aromatic carbocycles. The fraction of sp³-hybridized carbons (Fsp3) is 0.375. The summed E-state index contributed by atoms with van der Waals surface area (Å²) in [4.78, 5) is 37.0. The summed E-state index contributed by atoms with van der Waals surface area (Å²) in [5.74, 6) is -0.998. The van der Waals surface area contributed by atoms with E-state index >= 15 is 0 Å². The number of esters is 1. The Morgan fingerprint density at radius 2 is 1.63 bits per heavy atom. The smallest absolute Gasteiger partial charge is 0.326 e. The molecule has 0 saturated carbocycles. The van der Waals surface area contributed by atoms with E-state index in [-0.39, 0.29) is 17.7 Å². The normalized spacial score (nSPS) is 12.0. The molecule has 6 nitrogen and oxygen atoms in total. The van der Waals surface area contributed by atoms with E-state index < -0.39 is 18.0 Å². The Labute approximate surface area is 177 Å². The van der Waals surface area contributed by atoms with Crippen LogP contribution in [-0.2, 0) is 14.9 Å². The largest absolute Gasteiger partial charge is 0.493 e. The fourth-order valence-corrected chi connectivity index (χ4v) is 2.84. The van der Waals surface area contributed by atoms with E-state index in [2.05, 4.69) is 26.1 Å². The highest BCUT2D eigenvalue weighted by Gasteiger charge is 2.21.